The van der Waals surface area contributed by atoms with Crippen molar-refractivity contribution in [2.45, 2.75) is 20.4 Å². The van der Waals surface area contributed by atoms with Crippen molar-refractivity contribution in [3.8, 4) is 0 Å². The number of aromatic amines is 1. The van der Waals surface area contributed by atoms with E-state index in [1.165, 1.54) is 22.7 Å². The lowest BCUT2D eigenvalue weighted by Gasteiger charge is -2.06. The molecule has 2 aromatic rings. The molecule has 0 aromatic carbocycles. The van der Waals surface area contributed by atoms with Gasteiger partial charge in [0.05, 0.1) is 6.54 Å². The molecule has 74 valence electrons. The minimum Gasteiger partial charge on any atom is -0.343 e. The summed E-state index contributed by atoms with van der Waals surface area (Å²) in [7, 11) is 0. The van der Waals surface area contributed by atoms with Crippen molar-refractivity contribution in [2.75, 3.05) is 0 Å². The van der Waals surface area contributed by atoms with Crippen molar-refractivity contribution in [1.82, 2.24) is 9.55 Å². The van der Waals surface area contributed by atoms with E-state index in [1.807, 2.05) is 5.38 Å². The Balaban J connectivity index is 2.31. The molecule has 4 heteroatoms. The molecule has 0 spiro atoms. The SMILES string of the molecule is Cc1ccc(C)n1Cc1csc(=O)[nH]1. The average molecular weight is 208 g/mol. The van der Waals surface area contributed by atoms with E-state index >= 15 is 0 Å². The molecular weight excluding hydrogens is 196 g/mol. The largest absolute Gasteiger partial charge is 0.343 e. The fourth-order valence-corrected chi connectivity index (χ4v) is 2.08. The first-order valence-corrected chi connectivity index (χ1v) is 5.34. The molecule has 1 N–H and O–H groups in total. The molecule has 0 bridgehead atoms. The van der Waals surface area contributed by atoms with E-state index in [4.69, 9.17) is 0 Å². The number of thiazole rings is 1. The topological polar surface area (TPSA) is 37.8 Å². The maximum atomic E-state index is 10.9. The van der Waals surface area contributed by atoms with Crippen LogP contribution in [0.3, 0.4) is 0 Å². The number of hydrogen-bond acceptors (Lipinski definition) is 2. The summed E-state index contributed by atoms with van der Waals surface area (Å²) in [6, 6.07) is 4.17. The average Bonchev–Trinajstić information content (AvgIpc) is 2.67. The third-order valence-corrected chi connectivity index (χ3v) is 3.04. The van der Waals surface area contributed by atoms with Crippen LogP contribution in [0.25, 0.3) is 0 Å². The second-order valence-electron chi connectivity index (χ2n) is 3.38. The first kappa shape index (κ1) is 9.27. The first-order valence-electron chi connectivity index (χ1n) is 4.46. The Morgan fingerprint density at radius 2 is 2.00 bits per heavy atom. The van der Waals surface area contributed by atoms with E-state index in [9.17, 15) is 4.79 Å². The third-order valence-electron chi connectivity index (χ3n) is 2.32. The number of rotatable bonds is 2. The second-order valence-corrected chi connectivity index (χ2v) is 4.22. The highest BCUT2D eigenvalue weighted by molar-refractivity contribution is 7.07. The predicted molar refractivity (Wildman–Crippen MR) is 57.9 cm³/mol. The minimum absolute atomic E-state index is 0.0162. The molecule has 2 aromatic heterocycles. The van der Waals surface area contributed by atoms with Gasteiger partial charge in [0.2, 0.25) is 0 Å². The number of nitrogens with zero attached hydrogens (tertiary/aromatic N) is 1. The molecule has 3 nitrogen and oxygen atoms in total. The van der Waals surface area contributed by atoms with E-state index in [0.717, 1.165) is 12.2 Å². The normalized spacial score (nSPS) is 10.7. The summed E-state index contributed by atoms with van der Waals surface area (Å²) in [5.74, 6) is 0. The standard InChI is InChI=1S/C10H12N2OS/c1-7-3-4-8(2)12(7)5-9-6-14-10(13)11-9/h3-4,6H,5H2,1-2H3,(H,11,13). The zero-order valence-corrected chi connectivity index (χ0v) is 9.02. The molecule has 2 heterocycles. The van der Waals surface area contributed by atoms with Crippen molar-refractivity contribution in [3.05, 3.63) is 44.3 Å². The van der Waals surface area contributed by atoms with Crippen LogP contribution < -0.4 is 4.87 Å². The van der Waals surface area contributed by atoms with Crippen molar-refractivity contribution in [2.24, 2.45) is 0 Å². The molecule has 0 saturated carbocycles. The minimum atomic E-state index is 0.0162. The summed E-state index contributed by atoms with van der Waals surface area (Å²) < 4.78 is 2.18. The molecule has 0 saturated heterocycles. The summed E-state index contributed by atoms with van der Waals surface area (Å²) in [5, 5.41) is 1.88. The van der Waals surface area contributed by atoms with Gasteiger partial charge < -0.3 is 9.55 Å². The molecule has 0 fully saturated rings. The molecule has 0 aliphatic carbocycles. The fourth-order valence-electron chi connectivity index (χ4n) is 1.51. The molecule has 0 amide bonds. The van der Waals surface area contributed by atoms with Crippen LogP contribution in [0.4, 0.5) is 0 Å². The number of H-pyrrole nitrogens is 1. The summed E-state index contributed by atoms with van der Waals surface area (Å²) in [4.78, 5) is 13.8. The van der Waals surface area contributed by atoms with Gasteiger partial charge in [0.1, 0.15) is 0 Å². The maximum absolute atomic E-state index is 10.9. The zero-order chi connectivity index (χ0) is 10.1. The van der Waals surface area contributed by atoms with Crippen LogP contribution in [0.5, 0.6) is 0 Å². The Morgan fingerprint density at radius 1 is 1.36 bits per heavy atom. The van der Waals surface area contributed by atoms with Gasteiger partial charge in [-0.2, -0.15) is 0 Å². The summed E-state index contributed by atoms with van der Waals surface area (Å²) in [6.07, 6.45) is 0. The van der Waals surface area contributed by atoms with Gasteiger partial charge in [0.25, 0.3) is 0 Å². The van der Waals surface area contributed by atoms with Crippen LogP contribution in [0.15, 0.2) is 22.3 Å². The quantitative estimate of drug-likeness (QED) is 0.804. The van der Waals surface area contributed by atoms with Gasteiger partial charge in [-0.3, -0.25) is 4.79 Å². The second kappa shape index (κ2) is 3.46. The van der Waals surface area contributed by atoms with Crippen molar-refractivity contribution in [3.63, 3.8) is 0 Å². The number of hydrogen-bond donors (Lipinski definition) is 1. The molecule has 2 rings (SSSR count). The van der Waals surface area contributed by atoms with E-state index in [1.54, 1.807) is 0 Å². The van der Waals surface area contributed by atoms with Crippen LogP contribution in [0, 0.1) is 13.8 Å². The van der Waals surface area contributed by atoms with Crippen molar-refractivity contribution < 1.29 is 0 Å². The van der Waals surface area contributed by atoms with Crippen molar-refractivity contribution in [1.29, 1.82) is 0 Å². The third kappa shape index (κ3) is 1.65. The summed E-state index contributed by atoms with van der Waals surface area (Å²) in [5.41, 5.74) is 3.41. The number of nitrogens with one attached hydrogen (secondary N) is 1. The molecule has 14 heavy (non-hydrogen) atoms. The fraction of sp³-hybridized carbons (Fsp3) is 0.300. The van der Waals surface area contributed by atoms with Gasteiger partial charge in [0.15, 0.2) is 0 Å². The summed E-state index contributed by atoms with van der Waals surface area (Å²) in [6.45, 7) is 4.89. The monoisotopic (exact) mass is 208 g/mol. The molecule has 0 radical (unpaired) electrons. The lowest BCUT2D eigenvalue weighted by atomic mass is 10.4. The zero-order valence-electron chi connectivity index (χ0n) is 8.20. The van der Waals surface area contributed by atoms with Crippen molar-refractivity contribution >= 4 is 11.3 Å². The van der Waals surface area contributed by atoms with Gasteiger partial charge in [-0.15, -0.1) is 0 Å². The summed E-state index contributed by atoms with van der Waals surface area (Å²) >= 11 is 1.21. The smallest absolute Gasteiger partial charge is 0.304 e. The Kier molecular flexibility index (Phi) is 2.29. The van der Waals surface area contributed by atoms with Crippen LogP contribution >= 0.6 is 11.3 Å². The highest BCUT2D eigenvalue weighted by Crippen LogP contribution is 2.09. The van der Waals surface area contributed by atoms with Crippen LogP contribution in [0.2, 0.25) is 0 Å². The molecular formula is C10H12N2OS. The molecule has 0 aliphatic heterocycles. The number of aromatic nitrogens is 2. The molecule has 0 atom stereocenters. The Bertz CT molecular complexity index is 473. The van der Waals surface area contributed by atoms with Gasteiger partial charge in [-0.25, -0.2) is 0 Å². The van der Waals surface area contributed by atoms with Crippen LogP contribution in [-0.4, -0.2) is 9.55 Å². The van der Waals surface area contributed by atoms with Gasteiger partial charge in [0, 0.05) is 22.5 Å². The molecule has 0 aliphatic rings. The van der Waals surface area contributed by atoms with Crippen LogP contribution in [0.1, 0.15) is 17.1 Å². The Hall–Kier alpha value is -1.29. The highest BCUT2D eigenvalue weighted by atomic mass is 32.1. The van der Waals surface area contributed by atoms with E-state index < -0.39 is 0 Å². The highest BCUT2D eigenvalue weighted by Gasteiger charge is 2.03. The molecule has 0 unspecified atom stereocenters. The lowest BCUT2D eigenvalue weighted by molar-refractivity contribution is 0.733. The van der Waals surface area contributed by atoms with Crippen LogP contribution in [-0.2, 0) is 6.54 Å². The first-order chi connectivity index (χ1) is 6.66. The predicted octanol–water partition coefficient (Wildman–Crippen LogP) is 1.90. The van der Waals surface area contributed by atoms with Gasteiger partial charge >= 0.3 is 4.87 Å². The Labute approximate surface area is 86.0 Å². The Morgan fingerprint density at radius 3 is 2.50 bits per heavy atom. The number of aryl methyl sites for hydroxylation is 2. The van der Waals surface area contributed by atoms with E-state index in [0.29, 0.717) is 0 Å². The lowest BCUT2D eigenvalue weighted by Crippen LogP contribution is -2.05. The van der Waals surface area contributed by atoms with Gasteiger partial charge in [-0.05, 0) is 26.0 Å². The maximum Gasteiger partial charge on any atom is 0.304 e. The van der Waals surface area contributed by atoms with E-state index in [2.05, 4.69) is 35.5 Å². The van der Waals surface area contributed by atoms with E-state index in [-0.39, 0.29) is 4.87 Å². The van der Waals surface area contributed by atoms with Gasteiger partial charge in [-0.1, -0.05) is 11.3 Å².